The van der Waals surface area contributed by atoms with Gasteiger partial charge in [0.1, 0.15) is 11.6 Å². The second kappa shape index (κ2) is 8.80. The molecule has 4 rings (SSSR count). The van der Waals surface area contributed by atoms with Crippen LogP contribution in [0.5, 0.6) is 5.75 Å². The van der Waals surface area contributed by atoms with Gasteiger partial charge in [-0.05, 0) is 44.2 Å². The lowest BCUT2D eigenvalue weighted by molar-refractivity contribution is 0.414. The van der Waals surface area contributed by atoms with E-state index >= 15 is 0 Å². The summed E-state index contributed by atoms with van der Waals surface area (Å²) in [6.45, 7) is 4.72. The van der Waals surface area contributed by atoms with E-state index in [1.54, 1.807) is 24.0 Å². The summed E-state index contributed by atoms with van der Waals surface area (Å²) in [5, 5.41) is 7.62. The van der Waals surface area contributed by atoms with E-state index in [0.717, 1.165) is 28.5 Å². The van der Waals surface area contributed by atoms with Crippen molar-refractivity contribution in [2.45, 2.75) is 20.4 Å². The molecule has 0 bridgehead atoms. The minimum Gasteiger partial charge on any atom is -0.497 e. The molecule has 0 saturated carbocycles. The van der Waals surface area contributed by atoms with Crippen LogP contribution in [0.3, 0.4) is 0 Å². The molecule has 6 heteroatoms. The normalized spacial score (nSPS) is 10.2. The van der Waals surface area contributed by atoms with Crippen molar-refractivity contribution >= 4 is 11.5 Å². The van der Waals surface area contributed by atoms with Gasteiger partial charge in [0.2, 0.25) is 0 Å². The summed E-state index contributed by atoms with van der Waals surface area (Å²) in [4.78, 5) is 8.57. The predicted octanol–water partition coefficient (Wildman–Crippen LogP) is 4.05. The highest BCUT2D eigenvalue weighted by molar-refractivity contribution is 5.52. The van der Waals surface area contributed by atoms with Crippen LogP contribution < -0.4 is 10.1 Å². The van der Waals surface area contributed by atoms with Crippen molar-refractivity contribution in [2.75, 3.05) is 12.4 Å². The lowest BCUT2D eigenvalue weighted by Crippen LogP contribution is -2.06. The van der Waals surface area contributed by atoms with Crippen LogP contribution in [0.15, 0.2) is 67.1 Å². The first kappa shape index (κ1) is 18.4. The van der Waals surface area contributed by atoms with Crippen molar-refractivity contribution in [1.29, 1.82) is 0 Å². The number of anilines is 1. The third-order valence-electron chi connectivity index (χ3n) is 4.01. The van der Waals surface area contributed by atoms with Gasteiger partial charge in [0.05, 0.1) is 25.5 Å². The molecular formula is C21H23N5O. The number of nitrogens with one attached hydrogen (secondary N) is 1. The van der Waals surface area contributed by atoms with Gasteiger partial charge in [-0.15, -0.1) is 0 Å². The zero-order chi connectivity index (χ0) is 19.1. The standard InChI is InChI=1S/C13H13N5.C8H10O/c1-10-8-17-18-12(5-7-15-13(10)18)16-9-11-4-2-3-6-14-11;1-7-3-5-8(9-2)6-4-7/h2-8,16H,9H2,1H3;3-6H,1-2H3. The molecule has 0 aliphatic rings. The Morgan fingerprint density at radius 3 is 2.48 bits per heavy atom. The highest BCUT2D eigenvalue weighted by Gasteiger charge is 2.04. The van der Waals surface area contributed by atoms with Gasteiger partial charge >= 0.3 is 0 Å². The first-order chi connectivity index (χ1) is 13.2. The van der Waals surface area contributed by atoms with Crippen LogP contribution in [-0.2, 0) is 6.54 Å². The molecule has 0 spiro atoms. The number of pyridine rings is 1. The molecule has 0 aliphatic heterocycles. The number of aromatic nitrogens is 4. The van der Waals surface area contributed by atoms with Crippen molar-refractivity contribution in [1.82, 2.24) is 19.6 Å². The van der Waals surface area contributed by atoms with Gasteiger partial charge in [0.15, 0.2) is 5.65 Å². The molecule has 0 amide bonds. The zero-order valence-corrected chi connectivity index (χ0v) is 15.8. The van der Waals surface area contributed by atoms with Gasteiger partial charge in [-0.25, -0.2) is 4.98 Å². The summed E-state index contributed by atoms with van der Waals surface area (Å²) in [5.41, 5.74) is 4.19. The topological polar surface area (TPSA) is 64.3 Å². The molecule has 0 aliphatic carbocycles. The van der Waals surface area contributed by atoms with Crippen LogP contribution >= 0.6 is 0 Å². The highest BCUT2D eigenvalue weighted by Crippen LogP contribution is 2.13. The quantitative estimate of drug-likeness (QED) is 0.594. The molecule has 3 heterocycles. The number of ether oxygens (including phenoxy) is 1. The van der Waals surface area contributed by atoms with Gasteiger partial charge in [-0.2, -0.15) is 9.61 Å². The highest BCUT2D eigenvalue weighted by atomic mass is 16.5. The maximum absolute atomic E-state index is 4.97. The predicted molar refractivity (Wildman–Crippen MR) is 107 cm³/mol. The van der Waals surface area contributed by atoms with E-state index < -0.39 is 0 Å². The van der Waals surface area contributed by atoms with Gasteiger partial charge in [0, 0.05) is 18.0 Å². The number of hydrogen-bond donors (Lipinski definition) is 1. The Morgan fingerprint density at radius 2 is 1.78 bits per heavy atom. The average Bonchev–Trinajstić information content (AvgIpc) is 3.10. The fraction of sp³-hybridized carbons (Fsp3) is 0.190. The molecule has 138 valence electrons. The molecule has 27 heavy (non-hydrogen) atoms. The Balaban J connectivity index is 0.000000197. The third kappa shape index (κ3) is 4.82. The van der Waals surface area contributed by atoms with Crippen molar-refractivity contribution in [3.05, 3.63) is 83.9 Å². The second-order valence-electron chi connectivity index (χ2n) is 6.08. The van der Waals surface area contributed by atoms with Gasteiger partial charge in [-0.3, -0.25) is 4.98 Å². The summed E-state index contributed by atoms with van der Waals surface area (Å²) < 4.78 is 6.77. The lowest BCUT2D eigenvalue weighted by Gasteiger charge is -2.07. The van der Waals surface area contributed by atoms with E-state index in [9.17, 15) is 0 Å². The van der Waals surface area contributed by atoms with Crippen molar-refractivity contribution < 1.29 is 4.74 Å². The molecule has 0 fully saturated rings. The van der Waals surface area contributed by atoms with Gasteiger partial charge in [0.25, 0.3) is 0 Å². The second-order valence-corrected chi connectivity index (χ2v) is 6.08. The maximum Gasteiger partial charge on any atom is 0.160 e. The summed E-state index contributed by atoms with van der Waals surface area (Å²) >= 11 is 0. The monoisotopic (exact) mass is 361 g/mol. The summed E-state index contributed by atoms with van der Waals surface area (Å²) in [6, 6.07) is 15.7. The van der Waals surface area contributed by atoms with Crippen molar-refractivity contribution in [3.63, 3.8) is 0 Å². The number of aryl methyl sites for hydroxylation is 2. The van der Waals surface area contributed by atoms with E-state index in [-0.39, 0.29) is 0 Å². The first-order valence-corrected chi connectivity index (χ1v) is 8.71. The van der Waals surface area contributed by atoms with Gasteiger partial charge < -0.3 is 10.1 Å². The molecular weight excluding hydrogens is 338 g/mol. The average molecular weight is 361 g/mol. The largest absolute Gasteiger partial charge is 0.497 e. The SMILES string of the molecule is COc1ccc(C)cc1.Cc1cnn2c(NCc3ccccn3)ccnc12. The molecule has 1 aromatic carbocycles. The van der Waals surface area contributed by atoms with E-state index in [2.05, 4.69) is 27.3 Å². The number of hydrogen-bond acceptors (Lipinski definition) is 5. The molecule has 0 saturated heterocycles. The molecule has 3 aromatic heterocycles. The lowest BCUT2D eigenvalue weighted by atomic mass is 10.2. The Labute approximate surface area is 158 Å². The minimum absolute atomic E-state index is 0.666. The minimum atomic E-state index is 0.666. The van der Waals surface area contributed by atoms with E-state index in [4.69, 9.17) is 4.74 Å². The van der Waals surface area contributed by atoms with E-state index in [1.165, 1.54) is 5.56 Å². The smallest absolute Gasteiger partial charge is 0.160 e. The Hall–Kier alpha value is -3.41. The van der Waals surface area contributed by atoms with Crippen LogP contribution in [-0.4, -0.2) is 26.7 Å². The van der Waals surface area contributed by atoms with Crippen LogP contribution in [0.25, 0.3) is 5.65 Å². The summed E-state index contributed by atoms with van der Waals surface area (Å²) in [7, 11) is 1.67. The Kier molecular flexibility index (Phi) is 5.99. The van der Waals surface area contributed by atoms with Crippen molar-refractivity contribution in [2.24, 2.45) is 0 Å². The fourth-order valence-corrected chi connectivity index (χ4v) is 2.50. The van der Waals surface area contributed by atoms with Crippen LogP contribution in [0.4, 0.5) is 5.82 Å². The van der Waals surface area contributed by atoms with Gasteiger partial charge in [-0.1, -0.05) is 23.8 Å². The molecule has 0 atom stereocenters. The Bertz CT molecular complexity index is 981. The van der Waals surface area contributed by atoms with Crippen LogP contribution in [0.1, 0.15) is 16.8 Å². The number of rotatable bonds is 4. The number of methoxy groups -OCH3 is 1. The number of benzene rings is 1. The summed E-state index contributed by atoms with van der Waals surface area (Å²) in [6.07, 6.45) is 5.39. The summed E-state index contributed by atoms with van der Waals surface area (Å²) in [5.74, 6) is 1.83. The van der Waals surface area contributed by atoms with Crippen molar-refractivity contribution in [3.8, 4) is 5.75 Å². The molecule has 4 aromatic rings. The molecule has 6 nitrogen and oxygen atoms in total. The first-order valence-electron chi connectivity index (χ1n) is 8.71. The van der Waals surface area contributed by atoms with E-state index in [0.29, 0.717) is 6.54 Å². The number of fused-ring (bicyclic) bond motifs is 1. The fourth-order valence-electron chi connectivity index (χ4n) is 2.50. The molecule has 0 unspecified atom stereocenters. The van der Waals surface area contributed by atoms with Crippen LogP contribution in [0.2, 0.25) is 0 Å². The zero-order valence-electron chi connectivity index (χ0n) is 15.8. The van der Waals surface area contributed by atoms with E-state index in [1.807, 2.05) is 61.7 Å². The molecule has 0 radical (unpaired) electrons. The third-order valence-corrected chi connectivity index (χ3v) is 4.01. The van der Waals surface area contributed by atoms with Crippen LogP contribution in [0, 0.1) is 13.8 Å². The Morgan fingerprint density at radius 1 is 0.963 bits per heavy atom. The maximum atomic E-state index is 4.97. The number of nitrogens with zero attached hydrogens (tertiary/aromatic N) is 4. The molecule has 1 N–H and O–H groups in total.